The topological polar surface area (TPSA) is 85.6 Å². The van der Waals surface area contributed by atoms with Crippen molar-refractivity contribution in [1.29, 1.82) is 0 Å². The van der Waals surface area contributed by atoms with Crippen LogP contribution in [0.3, 0.4) is 0 Å². The van der Waals surface area contributed by atoms with E-state index in [1.54, 1.807) is 24.3 Å². The predicted octanol–water partition coefficient (Wildman–Crippen LogP) is 6.05. The zero-order valence-electron chi connectivity index (χ0n) is 19.4. The number of hydrogen-bond donors (Lipinski definition) is 2. The van der Waals surface area contributed by atoms with Crippen molar-refractivity contribution in [2.45, 2.75) is 12.7 Å². The van der Waals surface area contributed by atoms with E-state index in [2.05, 4.69) is 35.4 Å². The predicted molar refractivity (Wildman–Crippen MR) is 134 cm³/mol. The summed E-state index contributed by atoms with van der Waals surface area (Å²) in [4.78, 5) is 4.22. The van der Waals surface area contributed by atoms with Crippen LogP contribution in [0.4, 0.5) is 32.0 Å². The van der Waals surface area contributed by atoms with Crippen molar-refractivity contribution in [1.82, 2.24) is 20.2 Å². The number of nitrogens with one attached hydrogen (secondary N) is 2. The van der Waals surface area contributed by atoms with Gasteiger partial charge in [0.2, 0.25) is 0 Å². The van der Waals surface area contributed by atoms with E-state index < -0.39 is 18.5 Å². The van der Waals surface area contributed by atoms with Gasteiger partial charge in [-0.2, -0.15) is 5.10 Å². The summed E-state index contributed by atoms with van der Waals surface area (Å²) in [5, 5.41) is 10.8. The second-order valence-electron chi connectivity index (χ2n) is 7.54. The van der Waals surface area contributed by atoms with Crippen molar-refractivity contribution < 1.29 is 35.8 Å². The van der Waals surface area contributed by atoms with Crippen molar-refractivity contribution in [2.75, 3.05) is 5.32 Å². The van der Waals surface area contributed by atoms with Gasteiger partial charge in [-0.15, -0.1) is 31.4 Å². The van der Waals surface area contributed by atoms with E-state index >= 15 is 0 Å². The van der Waals surface area contributed by atoms with E-state index in [-0.39, 0.29) is 16.5 Å². The Balaban J connectivity index is 1.34. The largest absolute Gasteiger partial charge is 0.573 e. The maximum absolute atomic E-state index is 12.6. The third-order valence-corrected chi connectivity index (χ3v) is 4.93. The fourth-order valence-corrected chi connectivity index (χ4v) is 3.30. The minimum Gasteiger partial charge on any atom is -0.406 e. The molecule has 0 saturated carbocycles. The Bertz CT molecular complexity index is 1450. The Morgan fingerprint density at radius 1 is 0.872 bits per heavy atom. The zero-order chi connectivity index (χ0) is 28.0. The fraction of sp³-hybridized carbons (Fsp3) is 0.0833. The van der Waals surface area contributed by atoms with Crippen molar-refractivity contribution in [2.24, 2.45) is 5.10 Å². The molecule has 0 radical (unpaired) electrons. The molecule has 39 heavy (non-hydrogen) atoms. The lowest BCUT2D eigenvalue weighted by Crippen LogP contribution is -2.25. The minimum atomic E-state index is -4.86. The Labute approximate surface area is 221 Å². The van der Waals surface area contributed by atoms with Gasteiger partial charge in [0.15, 0.2) is 16.7 Å². The number of ether oxygens (including phenoxy) is 2. The average Bonchev–Trinajstić information content (AvgIpc) is 3.35. The van der Waals surface area contributed by atoms with Gasteiger partial charge in [0.25, 0.3) is 0 Å². The van der Waals surface area contributed by atoms with E-state index in [0.29, 0.717) is 22.6 Å². The highest BCUT2D eigenvalue weighted by Gasteiger charge is 2.32. The van der Waals surface area contributed by atoms with Crippen molar-refractivity contribution in [3.05, 3.63) is 84.7 Å². The number of halogens is 6. The average molecular weight is 566 g/mol. The van der Waals surface area contributed by atoms with Gasteiger partial charge in [-0.3, -0.25) is 5.43 Å². The van der Waals surface area contributed by atoms with Gasteiger partial charge in [-0.25, -0.2) is 9.67 Å². The molecular formula is C24H16F6N6O2S. The first-order valence-electron chi connectivity index (χ1n) is 10.8. The summed E-state index contributed by atoms with van der Waals surface area (Å²) in [6, 6.07) is 17.5. The van der Waals surface area contributed by atoms with Crippen molar-refractivity contribution >= 4 is 29.2 Å². The normalized spacial score (nSPS) is 11.8. The lowest BCUT2D eigenvalue weighted by atomic mass is 10.1. The second kappa shape index (κ2) is 11.4. The first-order valence-corrected chi connectivity index (χ1v) is 11.2. The zero-order valence-corrected chi connectivity index (χ0v) is 20.2. The number of nitrogens with zero attached hydrogens (tertiary/aromatic N) is 4. The summed E-state index contributed by atoms with van der Waals surface area (Å²) in [5.41, 5.74) is 4.32. The summed E-state index contributed by atoms with van der Waals surface area (Å²) < 4.78 is 83.8. The quantitative estimate of drug-likeness (QED) is 0.122. The summed E-state index contributed by atoms with van der Waals surface area (Å²) in [6.07, 6.45) is -6.78. The smallest absolute Gasteiger partial charge is 0.406 e. The molecule has 1 aromatic heterocycles. The molecule has 0 atom stereocenters. The van der Waals surface area contributed by atoms with Gasteiger partial charge in [0.1, 0.15) is 12.1 Å². The molecule has 4 aromatic rings. The van der Waals surface area contributed by atoms with Gasteiger partial charge in [-0.05, 0) is 54.2 Å². The summed E-state index contributed by atoms with van der Waals surface area (Å²) in [5.74, 6) is -0.426. The molecule has 202 valence electrons. The van der Waals surface area contributed by atoms with Crippen LogP contribution in [0.2, 0.25) is 0 Å². The number of thiocarbonyl (C=S) groups is 1. The first kappa shape index (κ1) is 27.4. The molecule has 2 N–H and O–H groups in total. The number of rotatable bonds is 7. The molecule has 0 saturated heterocycles. The van der Waals surface area contributed by atoms with Crippen LogP contribution >= 0.6 is 12.2 Å². The van der Waals surface area contributed by atoms with E-state index in [1.807, 2.05) is 0 Å². The highest BCUT2D eigenvalue weighted by atomic mass is 32.1. The molecule has 0 amide bonds. The molecule has 3 aromatic carbocycles. The van der Waals surface area contributed by atoms with Gasteiger partial charge in [-0.1, -0.05) is 36.4 Å². The standard InChI is InChI=1S/C24H16F6N6O2S/c25-23(26,27)37-18-11-9-17(10-12-18)36-14-31-21(35-36)16-7-5-15(6-8-16)13-32-34-22(39)33-19-3-1-2-4-20(19)38-24(28,29)30/h1-14H,(H2,33,34,39)/b32-13+. The van der Waals surface area contributed by atoms with E-state index in [0.717, 1.165) is 6.07 Å². The van der Waals surface area contributed by atoms with Crippen molar-refractivity contribution in [3.63, 3.8) is 0 Å². The molecule has 0 unspecified atom stereocenters. The first-order chi connectivity index (χ1) is 18.4. The monoisotopic (exact) mass is 566 g/mol. The lowest BCUT2D eigenvalue weighted by Gasteiger charge is -2.14. The molecule has 1 heterocycles. The molecule has 0 fully saturated rings. The lowest BCUT2D eigenvalue weighted by molar-refractivity contribution is -0.275. The third-order valence-electron chi connectivity index (χ3n) is 4.74. The van der Waals surface area contributed by atoms with Crippen LogP contribution in [0, 0.1) is 0 Å². The van der Waals surface area contributed by atoms with Gasteiger partial charge in [0, 0.05) is 5.56 Å². The van der Waals surface area contributed by atoms with Gasteiger partial charge < -0.3 is 14.8 Å². The van der Waals surface area contributed by atoms with E-state index in [4.69, 9.17) is 12.2 Å². The van der Waals surface area contributed by atoms with Crippen LogP contribution in [0.1, 0.15) is 5.56 Å². The SMILES string of the molecule is FC(F)(F)Oc1ccc(-n2cnc(-c3ccc(/C=N/NC(=S)Nc4ccccc4OC(F)(F)F)cc3)n2)cc1. The van der Waals surface area contributed by atoms with Crippen LogP contribution in [-0.2, 0) is 0 Å². The van der Waals surface area contributed by atoms with Crippen LogP contribution in [0.5, 0.6) is 11.5 Å². The van der Waals surface area contributed by atoms with Crippen LogP contribution in [-0.4, -0.2) is 38.8 Å². The van der Waals surface area contributed by atoms with Gasteiger partial charge in [0.05, 0.1) is 17.6 Å². The maximum atomic E-state index is 12.6. The molecule has 4 rings (SSSR count). The maximum Gasteiger partial charge on any atom is 0.573 e. The molecule has 0 bridgehead atoms. The molecule has 0 aliphatic heterocycles. The molecule has 0 spiro atoms. The molecule has 15 heteroatoms. The van der Waals surface area contributed by atoms with E-state index in [1.165, 1.54) is 59.7 Å². The van der Waals surface area contributed by atoms with Crippen LogP contribution < -0.4 is 20.2 Å². The number of alkyl halides is 6. The van der Waals surface area contributed by atoms with E-state index in [9.17, 15) is 26.3 Å². The highest BCUT2D eigenvalue weighted by Crippen LogP contribution is 2.30. The summed E-state index contributed by atoms with van der Waals surface area (Å²) in [6.45, 7) is 0. The minimum absolute atomic E-state index is 0.00407. The number of aromatic nitrogens is 3. The third kappa shape index (κ3) is 8.16. The number of anilines is 1. The highest BCUT2D eigenvalue weighted by molar-refractivity contribution is 7.80. The molecule has 0 aliphatic rings. The van der Waals surface area contributed by atoms with Crippen molar-refractivity contribution in [3.8, 4) is 28.6 Å². The van der Waals surface area contributed by atoms with Crippen LogP contribution in [0.15, 0.2) is 84.2 Å². The molecule has 8 nitrogen and oxygen atoms in total. The number of para-hydroxylation sites is 2. The van der Waals surface area contributed by atoms with Crippen LogP contribution in [0.25, 0.3) is 17.1 Å². The fourth-order valence-electron chi connectivity index (χ4n) is 3.14. The number of hydrogen-bond acceptors (Lipinski definition) is 6. The second-order valence-corrected chi connectivity index (χ2v) is 7.95. The Kier molecular flexibility index (Phi) is 7.99. The Morgan fingerprint density at radius 3 is 2.21 bits per heavy atom. The molecule has 0 aliphatic carbocycles. The van der Waals surface area contributed by atoms with Gasteiger partial charge >= 0.3 is 12.7 Å². The number of benzene rings is 3. The Hall–Kier alpha value is -4.66. The summed E-state index contributed by atoms with van der Waals surface area (Å²) >= 11 is 5.06. The molecular weight excluding hydrogens is 550 g/mol. The number of hydrazone groups is 1. The Morgan fingerprint density at radius 2 is 1.54 bits per heavy atom. The summed E-state index contributed by atoms with van der Waals surface area (Å²) in [7, 11) is 0.